The van der Waals surface area contributed by atoms with E-state index in [0.717, 1.165) is 38.4 Å². The third-order valence-electron chi connectivity index (χ3n) is 14.3. The summed E-state index contributed by atoms with van der Waals surface area (Å²) >= 11 is 3.82. The molecule has 10 rings (SSSR count). The molecule has 0 saturated heterocycles. The second-order valence-electron chi connectivity index (χ2n) is 20.5. The molecule has 0 aliphatic heterocycles. The Hall–Kier alpha value is -4.83. The van der Waals surface area contributed by atoms with Gasteiger partial charge in [0.05, 0.1) is 17.9 Å². The first kappa shape index (κ1) is 70.9. The van der Waals surface area contributed by atoms with E-state index in [1.54, 1.807) is 45.5 Å². The van der Waals surface area contributed by atoms with Crippen LogP contribution in [0.25, 0.3) is 27.6 Å². The maximum atomic E-state index is 9.47. The second-order valence-corrected chi connectivity index (χ2v) is 40.9. The minimum atomic E-state index is -1.85. The predicted octanol–water partition coefficient (Wildman–Crippen LogP) is 19.7. The first-order chi connectivity index (χ1) is 41.4. The Morgan fingerprint density at radius 2 is 0.741 bits per heavy atom. The van der Waals surface area contributed by atoms with Gasteiger partial charge in [0.1, 0.15) is 5.15 Å². The molecule has 0 aliphatic carbocycles. The molecule has 2 N–H and O–H groups in total. The van der Waals surface area contributed by atoms with Crippen molar-refractivity contribution in [3.8, 4) is 0 Å². The maximum Gasteiger partial charge on any atom is -0.0134 e. The fourth-order valence-electron chi connectivity index (χ4n) is 9.56. The largest absolute Gasteiger partial charge is 0.0622 e. The third kappa shape index (κ3) is 24.3. The normalized spacial score (nSPS) is 11.4. The number of unbranched alkanes of at least 4 members (excludes halogenated alkanes) is 3. The van der Waals surface area contributed by atoms with Crippen LogP contribution in [0.3, 0.4) is 0 Å². The van der Waals surface area contributed by atoms with Crippen molar-refractivity contribution in [1.82, 2.24) is 9.97 Å². The minimum absolute atomic E-state index is 0.106. The molecule has 0 bridgehead atoms. The monoisotopic (exact) mass is 1420 g/mol. The van der Waals surface area contributed by atoms with Gasteiger partial charge in [-0.15, -0.1) is 0 Å². The molecule has 85 heavy (non-hydrogen) atoms. The molecule has 8 aromatic carbocycles. The summed E-state index contributed by atoms with van der Waals surface area (Å²) in [7, 11) is 8.74. The zero-order valence-electron chi connectivity index (χ0n) is 49.8. The van der Waals surface area contributed by atoms with Crippen LogP contribution in [-0.2, 0) is 15.9 Å². The topological polar surface area (TPSA) is 66.2 Å². The van der Waals surface area contributed by atoms with Gasteiger partial charge in [0.25, 0.3) is 0 Å². The number of fused-ring (bicyclic) bond motifs is 2. The van der Waals surface area contributed by atoms with Gasteiger partial charge in [-0.1, -0.05) is 224 Å². The summed E-state index contributed by atoms with van der Waals surface area (Å²) in [5, 5.41) is 31.9. The van der Waals surface area contributed by atoms with Gasteiger partial charge in [-0.3, -0.25) is 4.98 Å². The van der Waals surface area contributed by atoms with Gasteiger partial charge in [0.2, 0.25) is 0 Å². The number of benzene rings is 8. The van der Waals surface area contributed by atoms with E-state index in [9.17, 15) is 10.2 Å². The molecule has 0 radical (unpaired) electrons. The Morgan fingerprint density at radius 3 is 1.01 bits per heavy atom. The summed E-state index contributed by atoms with van der Waals surface area (Å²) in [6, 6.07) is 80.0. The summed E-state index contributed by atoms with van der Waals surface area (Å²) in [4.78, 5) is 8.20. The number of rotatable bonds is 19. The van der Waals surface area contributed by atoms with Gasteiger partial charge in [-0.25, -0.2) is 4.98 Å². The van der Waals surface area contributed by atoms with Crippen LogP contribution in [0.1, 0.15) is 102 Å². The molecule has 2 heterocycles. The van der Waals surface area contributed by atoms with Gasteiger partial charge in [-0.2, -0.15) is 0 Å². The molecule has 0 spiro atoms. The molecule has 0 unspecified atom stereocenters. The van der Waals surface area contributed by atoms with E-state index in [2.05, 4.69) is 230 Å². The van der Waals surface area contributed by atoms with Crippen molar-refractivity contribution in [2.24, 2.45) is 0 Å². The predicted molar refractivity (Wildman–Crippen MR) is 377 cm³/mol. The fraction of sp³-hybridized carbons (Fsp3) is 0.216. The van der Waals surface area contributed by atoms with Crippen LogP contribution in [0, 0.1) is 0 Å². The number of pyridine rings is 2. The van der Waals surface area contributed by atoms with Crippen LogP contribution in [-0.4, -0.2) is 38.6 Å². The molecule has 2 aromatic heterocycles. The number of aliphatic hydroxyl groups is 2. The Bertz CT molecular complexity index is 3100. The summed E-state index contributed by atoms with van der Waals surface area (Å²) < 4.78 is 7.16. The van der Waals surface area contributed by atoms with Crippen LogP contribution in [0.2, 0.25) is 18.5 Å². The quantitative estimate of drug-likeness (QED) is 0.0481. The zero-order chi connectivity index (χ0) is 61.1. The Balaban J connectivity index is 0.000000193. The van der Waals surface area contributed by atoms with Crippen LogP contribution >= 0.6 is 46.5 Å². The number of hydrogen-bond acceptors (Lipinski definition) is 4. The SMILES string of the molecule is C=Cc1cc2cc([C@@H](C)O)ccc2cn1.C=[CH][Sn]([CH2]CCC)([CH2]CCC)[CH2]CCC.C[C@@H](O)c1ccc2cnc(Cl)cc2c1.[Cl][Pd][Cl].c1ccc(P(c2ccccc2)c2ccccc2)cc1.c1ccc(P(c2ccccc2)c2ccccc2)cc1. The number of aromatic nitrogens is 2. The van der Waals surface area contributed by atoms with E-state index in [1.807, 2.05) is 48.7 Å². The van der Waals surface area contributed by atoms with Gasteiger partial charge in [0, 0.05) is 23.2 Å². The Kier molecular flexibility index (Phi) is 33.9. The molecule has 4 nitrogen and oxygen atoms in total. The number of nitrogens with zero attached hydrogens (tertiary/aromatic N) is 2. The van der Waals surface area contributed by atoms with Crippen molar-refractivity contribution in [3.63, 3.8) is 0 Å². The first-order valence-electron chi connectivity index (χ1n) is 29.2. The van der Waals surface area contributed by atoms with Crippen molar-refractivity contribution in [2.45, 2.75) is 98.7 Å². The first-order valence-corrected chi connectivity index (χ1v) is 44.0. The Labute approximate surface area is 536 Å². The molecule has 10 aromatic rings. The number of halogens is 3. The van der Waals surface area contributed by atoms with Crippen molar-refractivity contribution in [2.75, 3.05) is 0 Å². The van der Waals surface area contributed by atoms with Crippen LogP contribution in [0.5, 0.6) is 0 Å². The molecule has 11 heteroatoms. The molecule has 2 atom stereocenters. The van der Waals surface area contributed by atoms with E-state index >= 15 is 0 Å². The molecule has 0 amide bonds. The number of aliphatic hydroxyl groups excluding tert-OH is 2. The maximum absolute atomic E-state index is 9.47. The van der Waals surface area contributed by atoms with Crippen molar-refractivity contribution in [1.29, 1.82) is 0 Å². The molecule has 0 aliphatic rings. The van der Waals surface area contributed by atoms with E-state index in [0.29, 0.717) is 5.15 Å². The Morgan fingerprint density at radius 1 is 0.447 bits per heavy atom. The standard InChI is InChI=1S/2C18H15P.C13H13NO.C11H10ClNO.3C4H9.C2H3.2ClH.Pd.Sn/c2*1-4-10-16(11-5-1)19(17-12-6-2-7-13-17)18-14-8-3-9-15-18;1-3-13-7-12-6-10(9(2)15)4-5-11(12)8-14-13;1-7(14)8-2-3-9-6-13-11(12)5-10(9)4-8;3*1-3-4-2;1-2;;;;/h2*1-15H;3-9,15H,1H2,2H3;2-7,14H,1H3;3*1,3-4H2,2H3;1H,2H2;2*1H;;/q;;;;;;;;;;+2;/p-2/t;;9-;7-;;;;;;;;/m..11......../s1. The summed E-state index contributed by atoms with van der Waals surface area (Å²) in [6.07, 6.45) is 12.8. The van der Waals surface area contributed by atoms with Crippen LogP contribution in [0.4, 0.5) is 0 Å². The minimum Gasteiger partial charge on any atom is -0.0622 e. The second kappa shape index (κ2) is 40.6. The fourth-order valence-corrected chi connectivity index (χ4v) is 27.3. The molecule has 0 fully saturated rings. The van der Waals surface area contributed by atoms with E-state index in [4.69, 9.17) is 30.7 Å². The van der Waals surface area contributed by atoms with Crippen LogP contribution < -0.4 is 31.8 Å². The molecular weight excluding hydrogens is 1340 g/mol. The van der Waals surface area contributed by atoms with Crippen molar-refractivity contribution in [3.05, 3.63) is 282 Å². The third-order valence-corrected chi connectivity index (χ3v) is 33.4. The molecule has 446 valence electrons. The van der Waals surface area contributed by atoms with Crippen molar-refractivity contribution >= 4 is 124 Å². The van der Waals surface area contributed by atoms with Gasteiger partial charge in [-0.05, 0) is 114 Å². The summed E-state index contributed by atoms with van der Waals surface area (Å²) in [6.45, 7) is 18.3. The van der Waals surface area contributed by atoms with E-state index < -0.39 is 46.4 Å². The van der Waals surface area contributed by atoms with Gasteiger partial charge >= 0.3 is 137 Å². The molecular formula is C74H83Cl3N2O2P2PdSn. The zero-order valence-corrected chi connectivity index (χ0v) is 58.3. The van der Waals surface area contributed by atoms with Gasteiger partial charge in [0.15, 0.2) is 0 Å². The average Bonchev–Trinajstić information content (AvgIpc) is 3.69. The molecule has 0 saturated carbocycles. The summed E-state index contributed by atoms with van der Waals surface area (Å²) in [5.74, 6) is 0. The number of hydrogen-bond donors (Lipinski definition) is 2. The van der Waals surface area contributed by atoms with Gasteiger partial charge < -0.3 is 10.2 Å². The van der Waals surface area contributed by atoms with E-state index in [-0.39, 0.29) is 15.9 Å². The smallest absolute Gasteiger partial charge is 0.0134 e. The van der Waals surface area contributed by atoms with Crippen molar-refractivity contribution < 1.29 is 26.2 Å². The van der Waals surface area contributed by atoms with E-state index in [1.165, 1.54) is 70.4 Å². The average molecular weight is 1430 g/mol. The van der Waals surface area contributed by atoms with Crippen LogP contribution in [0.15, 0.2) is 260 Å². The summed E-state index contributed by atoms with van der Waals surface area (Å²) in [5.41, 5.74) is 2.66.